The van der Waals surface area contributed by atoms with Crippen molar-refractivity contribution < 1.29 is 0 Å². The van der Waals surface area contributed by atoms with Gasteiger partial charge in [-0.05, 0) is 126 Å². The summed E-state index contributed by atoms with van der Waals surface area (Å²) in [5.74, 6) is 0.635. The van der Waals surface area contributed by atoms with E-state index in [0.29, 0.717) is 5.92 Å². The molecule has 8 aromatic carbocycles. The SMILES string of the molecule is CC1C=CC(N(C2=CC(c3ccc(-c4ccc(N(c5ccccc5)c5ccc(N(C)c6ccccc6)cc5)cc4)cc3)C(Nc3ccccc3)C=C2)c2ccccc2)=CC1.c1ccccc1. The number of nitrogens with zero attached hydrogens (tertiary/aromatic N) is 3. The average molecular weight is 857 g/mol. The van der Waals surface area contributed by atoms with Crippen LogP contribution in [0.1, 0.15) is 24.8 Å². The van der Waals surface area contributed by atoms with E-state index in [1.54, 1.807) is 0 Å². The lowest BCUT2D eigenvalue weighted by Crippen LogP contribution is -2.30. The number of hydrogen-bond donors (Lipinski definition) is 1. The molecule has 8 aromatic rings. The van der Waals surface area contributed by atoms with Crippen LogP contribution in [0, 0.1) is 5.92 Å². The van der Waals surface area contributed by atoms with E-state index in [0.717, 1.165) is 46.2 Å². The first-order valence-corrected chi connectivity index (χ1v) is 23.0. The Hall–Kier alpha value is -8.08. The van der Waals surface area contributed by atoms with Crippen molar-refractivity contribution in [1.29, 1.82) is 0 Å². The number of hydrogen-bond acceptors (Lipinski definition) is 4. The van der Waals surface area contributed by atoms with Crippen LogP contribution in [0.3, 0.4) is 0 Å². The molecule has 0 fully saturated rings. The topological polar surface area (TPSA) is 21.8 Å². The molecule has 0 spiro atoms. The molecule has 0 aromatic heterocycles. The van der Waals surface area contributed by atoms with Gasteiger partial charge in [0.1, 0.15) is 0 Å². The summed E-state index contributed by atoms with van der Waals surface area (Å²) in [5, 5.41) is 3.83. The molecule has 0 saturated heterocycles. The van der Waals surface area contributed by atoms with Gasteiger partial charge in [-0.3, -0.25) is 0 Å². The highest BCUT2D eigenvalue weighted by Crippen LogP contribution is 2.39. The van der Waals surface area contributed by atoms with E-state index in [-0.39, 0.29) is 12.0 Å². The zero-order chi connectivity index (χ0) is 44.9. The van der Waals surface area contributed by atoms with Gasteiger partial charge >= 0.3 is 0 Å². The second kappa shape index (κ2) is 21.1. The number of anilines is 7. The van der Waals surface area contributed by atoms with Crippen LogP contribution in [-0.4, -0.2) is 13.1 Å². The summed E-state index contributed by atoms with van der Waals surface area (Å²) in [5.41, 5.74) is 13.9. The lowest BCUT2D eigenvalue weighted by atomic mass is 9.85. The zero-order valence-corrected chi connectivity index (χ0v) is 37.7. The van der Waals surface area contributed by atoms with Gasteiger partial charge in [-0.15, -0.1) is 0 Å². The Bertz CT molecular complexity index is 2830. The van der Waals surface area contributed by atoms with Crippen LogP contribution < -0.4 is 20.0 Å². The summed E-state index contributed by atoms with van der Waals surface area (Å²) in [4.78, 5) is 6.93. The maximum Gasteiger partial charge on any atom is 0.0552 e. The summed E-state index contributed by atoms with van der Waals surface area (Å²) in [7, 11) is 2.11. The van der Waals surface area contributed by atoms with Gasteiger partial charge in [0.2, 0.25) is 0 Å². The summed E-state index contributed by atoms with van der Waals surface area (Å²) in [6.45, 7) is 2.27. The molecule has 0 heterocycles. The monoisotopic (exact) mass is 856 g/mol. The highest BCUT2D eigenvalue weighted by atomic mass is 15.2. The Morgan fingerprint density at radius 1 is 0.409 bits per heavy atom. The van der Waals surface area contributed by atoms with E-state index >= 15 is 0 Å². The molecule has 3 unspecified atom stereocenters. The Morgan fingerprint density at radius 2 is 0.818 bits per heavy atom. The first-order valence-electron chi connectivity index (χ1n) is 23.0. The van der Waals surface area contributed by atoms with Crippen molar-refractivity contribution in [2.75, 3.05) is 27.1 Å². The molecule has 1 N–H and O–H groups in total. The summed E-state index contributed by atoms with van der Waals surface area (Å²) in [6, 6.07) is 81.3. The normalized spacial score (nSPS) is 16.2. The van der Waals surface area contributed by atoms with E-state index in [4.69, 9.17) is 0 Å². The molecule has 2 aliphatic carbocycles. The maximum atomic E-state index is 3.83. The molecule has 2 aliphatic rings. The number of nitrogens with one attached hydrogen (secondary N) is 1. The molecule has 0 bridgehead atoms. The average Bonchev–Trinajstić information content (AvgIpc) is 3.40. The molecule has 66 heavy (non-hydrogen) atoms. The standard InChI is InChI=1S/C56H50N4.C6H6/c1-42-23-31-51(32-24-42)60(50-21-13-6-14-22-50)54-39-40-56(57-46-15-7-3-8-16-46)55(41-54)45-27-25-43(26-28-45)44-29-33-52(34-30-44)59(49-19-11-5-12-20-49)53-37-35-48(36-38-53)58(2)47-17-9-4-10-18-47;1-2-4-6-5-3-1/h3-23,25-42,55-57H,24H2,1-2H3;1-6H. The Morgan fingerprint density at radius 3 is 1.35 bits per heavy atom. The summed E-state index contributed by atoms with van der Waals surface area (Å²) in [6.07, 6.45) is 15.1. The fourth-order valence-electron chi connectivity index (χ4n) is 8.62. The van der Waals surface area contributed by atoms with Crippen LogP contribution in [0.5, 0.6) is 0 Å². The molecule has 10 rings (SSSR count). The van der Waals surface area contributed by atoms with Gasteiger partial charge in [-0.25, -0.2) is 0 Å². The van der Waals surface area contributed by atoms with E-state index in [2.05, 4.69) is 265 Å². The molecule has 4 nitrogen and oxygen atoms in total. The van der Waals surface area contributed by atoms with E-state index in [9.17, 15) is 0 Å². The third kappa shape index (κ3) is 10.5. The van der Waals surface area contributed by atoms with Gasteiger partial charge in [-0.2, -0.15) is 0 Å². The molecule has 0 saturated carbocycles. The maximum absolute atomic E-state index is 3.83. The van der Waals surface area contributed by atoms with Gasteiger partial charge < -0.3 is 20.0 Å². The highest BCUT2D eigenvalue weighted by molar-refractivity contribution is 5.79. The fourth-order valence-corrected chi connectivity index (χ4v) is 8.62. The number of rotatable bonds is 12. The third-order valence-corrected chi connectivity index (χ3v) is 12.2. The van der Waals surface area contributed by atoms with Crippen LogP contribution in [0.15, 0.2) is 278 Å². The smallest absolute Gasteiger partial charge is 0.0552 e. The largest absolute Gasteiger partial charge is 0.378 e. The predicted octanol–water partition coefficient (Wildman–Crippen LogP) is 16.3. The van der Waals surface area contributed by atoms with Crippen LogP contribution in [0.2, 0.25) is 0 Å². The van der Waals surface area contributed by atoms with E-state index in [1.807, 2.05) is 36.4 Å². The molecule has 0 amide bonds. The molecule has 0 aliphatic heterocycles. The minimum Gasteiger partial charge on any atom is -0.378 e. The van der Waals surface area contributed by atoms with Crippen LogP contribution in [-0.2, 0) is 0 Å². The van der Waals surface area contributed by atoms with Gasteiger partial charge in [0.15, 0.2) is 0 Å². The van der Waals surface area contributed by atoms with E-state index < -0.39 is 0 Å². The van der Waals surface area contributed by atoms with Crippen molar-refractivity contribution in [2.45, 2.75) is 25.3 Å². The Labute approximate surface area is 391 Å². The molecule has 324 valence electrons. The first-order chi connectivity index (χ1) is 32.6. The lowest BCUT2D eigenvalue weighted by Gasteiger charge is -2.34. The van der Waals surface area contributed by atoms with Crippen LogP contribution in [0.4, 0.5) is 39.8 Å². The van der Waals surface area contributed by atoms with Crippen molar-refractivity contribution in [2.24, 2.45) is 5.92 Å². The number of para-hydroxylation sites is 4. The van der Waals surface area contributed by atoms with Crippen molar-refractivity contribution in [1.82, 2.24) is 0 Å². The lowest BCUT2D eigenvalue weighted by molar-refractivity contribution is 0.724. The van der Waals surface area contributed by atoms with Crippen molar-refractivity contribution >= 4 is 39.8 Å². The number of benzene rings is 8. The Kier molecular flexibility index (Phi) is 13.8. The molecule has 3 atom stereocenters. The quantitative estimate of drug-likeness (QED) is 0.132. The first kappa shape index (κ1) is 43.2. The van der Waals surface area contributed by atoms with Gasteiger partial charge in [0, 0.05) is 64.2 Å². The van der Waals surface area contributed by atoms with Crippen LogP contribution in [0.25, 0.3) is 11.1 Å². The molecular formula is C62H56N4. The Balaban J connectivity index is 0.000000846. The van der Waals surface area contributed by atoms with Crippen molar-refractivity contribution in [3.05, 3.63) is 284 Å². The fraction of sp³-hybridized carbons (Fsp3) is 0.0968. The van der Waals surface area contributed by atoms with Crippen LogP contribution >= 0.6 is 0 Å². The second-order valence-corrected chi connectivity index (χ2v) is 16.8. The second-order valence-electron chi connectivity index (χ2n) is 16.8. The third-order valence-electron chi connectivity index (χ3n) is 12.2. The molecule has 4 heteroatoms. The minimum atomic E-state index is 0.0755. The summed E-state index contributed by atoms with van der Waals surface area (Å²) >= 11 is 0. The molecular weight excluding hydrogens is 801 g/mol. The van der Waals surface area contributed by atoms with Gasteiger partial charge in [0.25, 0.3) is 0 Å². The summed E-state index contributed by atoms with van der Waals surface area (Å²) < 4.78 is 0. The van der Waals surface area contributed by atoms with E-state index in [1.165, 1.54) is 28.1 Å². The van der Waals surface area contributed by atoms with Crippen molar-refractivity contribution in [3.8, 4) is 11.1 Å². The molecule has 0 radical (unpaired) electrons. The predicted molar refractivity (Wildman–Crippen MR) is 281 cm³/mol. The van der Waals surface area contributed by atoms with Gasteiger partial charge in [0.05, 0.1) is 6.04 Å². The number of allylic oxidation sites excluding steroid dienone is 4. The zero-order valence-electron chi connectivity index (χ0n) is 37.7. The highest BCUT2D eigenvalue weighted by Gasteiger charge is 2.27. The minimum absolute atomic E-state index is 0.0755. The van der Waals surface area contributed by atoms with Crippen molar-refractivity contribution in [3.63, 3.8) is 0 Å². The van der Waals surface area contributed by atoms with Gasteiger partial charge in [-0.1, -0.05) is 177 Å².